The van der Waals surface area contributed by atoms with E-state index in [0.29, 0.717) is 4.99 Å². The molecular formula is C17H16N4O2S. The van der Waals surface area contributed by atoms with Gasteiger partial charge in [-0.25, -0.2) is 4.98 Å². The molecule has 1 unspecified atom stereocenters. The Labute approximate surface area is 144 Å². The predicted molar refractivity (Wildman–Crippen MR) is 97.2 cm³/mol. The van der Waals surface area contributed by atoms with Crippen LogP contribution in [0.15, 0.2) is 42.6 Å². The number of nitrogens with two attached hydrogens (primary N) is 1. The summed E-state index contributed by atoms with van der Waals surface area (Å²) in [4.78, 5) is 15.5. The molecule has 1 atom stereocenters. The van der Waals surface area contributed by atoms with Crippen molar-refractivity contribution in [2.24, 2.45) is 5.73 Å². The molecular weight excluding hydrogens is 324 g/mol. The third-order valence-electron chi connectivity index (χ3n) is 4.01. The van der Waals surface area contributed by atoms with Crippen molar-refractivity contribution in [2.45, 2.75) is 19.8 Å². The maximum atomic E-state index is 10.8. The molecule has 2 aromatic heterocycles. The topological polar surface area (TPSA) is 86.5 Å². The van der Waals surface area contributed by atoms with E-state index in [1.165, 1.54) is 12.1 Å². The Morgan fingerprint density at radius 2 is 2.00 bits per heavy atom. The lowest BCUT2D eigenvalue weighted by Gasteiger charge is -2.12. The summed E-state index contributed by atoms with van der Waals surface area (Å²) >= 11 is 5.17. The molecule has 2 heterocycles. The van der Waals surface area contributed by atoms with E-state index in [1.807, 2.05) is 36.6 Å². The van der Waals surface area contributed by atoms with E-state index < -0.39 is 4.92 Å². The fourth-order valence-electron chi connectivity index (χ4n) is 2.67. The van der Waals surface area contributed by atoms with Crippen LogP contribution in [0.3, 0.4) is 0 Å². The van der Waals surface area contributed by atoms with Crippen molar-refractivity contribution < 1.29 is 4.92 Å². The average molecular weight is 340 g/mol. The van der Waals surface area contributed by atoms with E-state index in [9.17, 15) is 10.1 Å². The highest BCUT2D eigenvalue weighted by Gasteiger charge is 2.21. The molecule has 6 nitrogen and oxygen atoms in total. The van der Waals surface area contributed by atoms with Gasteiger partial charge in [-0.2, -0.15) is 0 Å². The van der Waals surface area contributed by atoms with Gasteiger partial charge in [0.2, 0.25) is 0 Å². The van der Waals surface area contributed by atoms with Crippen LogP contribution >= 0.6 is 12.2 Å². The number of nitrogens with zero attached hydrogens (tertiary/aromatic N) is 3. The summed E-state index contributed by atoms with van der Waals surface area (Å²) in [6.45, 7) is 3.93. The fraction of sp³-hybridized carbons (Fsp3) is 0.176. The number of hydrogen-bond acceptors (Lipinski definition) is 4. The minimum absolute atomic E-state index is 0.0438. The van der Waals surface area contributed by atoms with Crippen LogP contribution in [0, 0.1) is 17.0 Å². The number of thiocarbonyl (C=S) groups is 1. The lowest BCUT2D eigenvalue weighted by atomic mass is 10.0. The first-order valence-corrected chi connectivity index (χ1v) is 7.82. The highest BCUT2D eigenvalue weighted by molar-refractivity contribution is 7.80. The molecule has 24 heavy (non-hydrogen) atoms. The molecule has 122 valence electrons. The summed E-state index contributed by atoms with van der Waals surface area (Å²) in [5, 5.41) is 10.8. The van der Waals surface area contributed by atoms with Crippen LogP contribution in [0.5, 0.6) is 0 Å². The summed E-state index contributed by atoms with van der Waals surface area (Å²) < 4.78 is 1.97. The molecule has 0 radical (unpaired) electrons. The number of benzene rings is 1. The molecule has 7 heteroatoms. The molecule has 1 aromatic carbocycles. The van der Waals surface area contributed by atoms with Gasteiger partial charge in [0.15, 0.2) is 0 Å². The standard InChI is InChI=1S/C17H16N4O2S/c1-10-7-8-20-14(9-10)19-15(16(20)11(2)17(18)24)12-3-5-13(6-4-12)21(22)23/h3-9,11H,1-2H3,(H2,18,24). The van der Waals surface area contributed by atoms with Gasteiger partial charge in [0.05, 0.1) is 21.3 Å². The molecule has 0 saturated carbocycles. The monoisotopic (exact) mass is 340 g/mol. The molecule has 0 aliphatic rings. The van der Waals surface area contributed by atoms with Crippen LogP contribution in [0.1, 0.15) is 24.1 Å². The highest BCUT2D eigenvalue weighted by Crippen LogP contribution is 2.31. The van der Waals surface area contributed by atoms with Crippen LogP contribution in [-0.4, -0.2) is 19.3 Å². The van der Waals surface area contributed by atoms with Gasteiger partial charge >= 0.3 is 0 Å². The van der Waals surface area contributed by atoms with E-state index in [4.69, 9.17) is 22.9 Å². The number of imidazole rings is 1. The predicted octanol–water partition coefficient (Wildman–Crippen LogP) is 3.61. The normalized spacial score (nSPS) is 12.2. The minimum atomic E-state index is -0.421. The quantitative estimate of drug-likeness (QED) is 0.445. The summed E-state index contributed by atoms with van der Waals surface area (Å²) in [6, 6.07) is 10.3. The van der Waals surface area contributed by atoms with Crippen molar-refractivity contribution in [2.75, 3.05) is 0 Å². The van der Waals surface area contributed by atoms with Crippen molar-refractivity contribution in [3.05, 3.63) is 64.0 Å². The average Bonchev–Trinajstić information content (AvgIpc) is 2.92. The second kappa shape index (κ2) is 6.01. The Kier molecular flexibility index (Phi) is 4.02. The van der Waals surface area contributed by atoms with Crippen LogP contribution < -0.4 is 5.73 Å². The van der Waals surface area contributed by atoms with Crippen LogP contribution in [0.25, 0.3) is 16.9 Å². The largest absolute Gasteiger partial charge is 0.393 e. The first-order chi connectivity index (χ1) is 11.4. The maximum Gasteiger partial charge on any atom is 0.269 e. The van der Waals surface area contributed by atoms with Crippen molar-refractivity contribution in [1.82, 2.24) is 9.38 Å². The molecule has 0 spiro atoms. The summed E-state index contributed by atoms with van der Waals surface area (Å²) in [7, 11) is 0. The van der Waals surface area contributed by atoms with E-state index in [2.05, 4.69) is 0 Å². The fourth-order valence-corrected chi connectivity index (χ4v) is 2.78. The lowest BCUT2D eigenvalue weighted by Crippen LogP contribution is -2.18. The van der Waals surface area contributed by atoms with Crippen LogP contribution in [0.2, 0.25) is 0 Å². The number of nitro groups is 1. The minimum Gasteiger partial charge on any atom is -0.393 e. The second-order valence-corrected chi connectivity index (χ2v) is 6.18. The smallest absolute Gasteiger partial charge is 0.269 e. The molecule has 0 aliphatic carbocycles. The third-order valence-corrected chi connectivity index (χ3v) is 4.36. The first-order valence-electron chi connectivity index (χ1n) is 7.41. The first kappa shape index (κ1) is 16.1. The summed E-state index contributed by atoms with van der Waals surface area (Å²) in [5.74, 6) is -0.178. The molecule has 0 amide bonds. The molecule has 3 rings (SSSR count). The van der Waals surface area contributed by atoms with Gasteiger partial charge in [-0.3, -0.25) is 10.1 Å². The highest BCUT2D eigenvalue weighted by atomic mass is 32.1. The zero-order valence-electron chi connectivity index (χ0n) is 13.3. The van der Waals surface area contributed by atoms with E-state index >= 15 is 0 Å². The van der Waals surface area contributed by atoms with Gasteiger partial charge in [-0.1, -0.05) is 19.1 Å². The number of pyridine rings is 1. The number of rotatable bonds is 4. The van der Waals surface area contributed by atoms with Crippen molar-refractivity contribution in [1.29, 1.82) is 0 Å². The number of aromatic nitrogens is 2. The molecule has 0 fully saturated rings. The molecule has 3 aromatic rings. The third kappa shape index (κ3) is 2.74. The van der Waals surface area contributed by atoms with Gasteiger partial charge in [-0.05, 0) is 36.8 Å². The van der Waals surface area contributed by atoms with Crippen molar-refractivity contribution in [3.63, 3.8) is 0 Å². The van der Waals surface area contributed by atoms with Gasteiger partial charge in [0.25, 0.3) is 5.69 Å². The maximum absolute atomic E-state index is 10.8. The molecule has 0 bridgehead atoms. The van der Waals surface area contributed by atoms with Crippen LogP contribution in [0.4, 0.5) is 5.69 Å². The number of non-ortho nitro benzene ring substituents is 1. The van der Waals surface area contributed by atoms with Gasteiger partial charge in [0.1, 0.15) is 5.65 Å². The Morgan fingerprint density at radius 3 is 2.58 bits per heavy atom. The van der Waals surface area contributed by atoms with Crippen LogP contribution in [-0.2, 0) is 0 Å². The number of aryl methyl sites for hydroxylation is 1. The van der Waals surface area contributed by atoms with E-state index in [0.717, 1.165) is 28.2 Å². The molecule has 0 aliphatic heterocycles. The zero-order valence-corrected chi connectivity index (χ0v) is 14.1. The molecule has 0 saturated heterocycles. The second-order valence-electron chi connectivity index (χ2n) is 5.71. The lowest BCUT2D eigenvalue weighted by molar-refractivity contribution is -0.384. The van der Waals surface area contributed by atoms with E-state index in [-0.39, 0.29) is 11.6 Å². The Hall–Kier alpha value is -2.80. The Balaban J connectivity index is 2.24. The van der Waals surface area contributed by atoms with E-state index in [1.54, 1.807) is 12.1 Å². The Bertz CT molecular complexity index is 947. The summed E-state index contributed by atoms with van der Waals surface area (Å²) in [5.41, 5.74) is 10.2. The number of fused-ring (bicyclic) bond motifs is 1. The number of nitro benzene ring substituents is 1. The van der Waals surface area contributed by atoms with Crippen molar-refractivity contribution >= 4 is 28.5 Å². The van der Waals surface area contributed by atoms with Gasteiger partial charge < -0.3 is 10.1 Å². The Morgan fingerprint density at radius 1 is 1.33 bits per heavy atom. The number of hydrogen-bond donors (Lipinski definition) is 1. The zero-order chi connectivity index (χ0) is 17.4. The van der Waals surface area contributed by atoms with Gasteiger partial charge in [-0.15, -0.1) is 0 Å². The summed E-state index contributed by atoms with van der Waals surface area (Å²) in [6.07, 6.45) is 1.94. The van der Waals surface area contributed by atoms with Crippen molar-refractivity contribution in [3.8, 4) is 11.3 Å². The van der Waals surface area contributed by atoms with Gasteiger partial charge in [0, 0.05) is 29.8 Å². The SMILES string of the molecule is Cc1ccn2c(C(C)C(N)=S)c(-c3ccc([N+](=O)[O-])cc3)nc2c1. The molecule has 2 N–H and O–H groups in total.